The molecule has 0 unspecified atom stereocenters. The molecule has 162 valence electrons. The molecule has 2 fully saturated rings. The molecule has 2 aliphatic rings. The summed E-state index contributed by atoms with van der Waals surface area (Å²) in [6, 6.07) is 10.7. The van der Waals surface area contributed by atoms with Crippen molar-refractivity contribution < 1.29 is 13.9 Å². The lowest BCUT2D eigenvalue weighted by atomic mass is 9.92. The van der Waals surface area contributed by atoms with E-state index < -0.39 is 0 Å². The lowest BCUT2D eigenvalue weighted by Crippen LogP contribution is -2.43. The zero-order valence-corrected chi connectivity index (χ0v) is 17.3. The number of anilines is 1. The number of nitrogens with one attached hydrogen (secondary N) is 2. The Hall–Kier alpha value is -3.00. The van der Waals surface area contributed by atoms with Gasteiger partial charge >= 0.3 is 0 Å². The smallest absolute Gasteiger partial charge is 0.251 e. The molecule has 3 aromatic rings. The number of amides is 1. The predicted molar refractivity (Wildman–Crippen MR) is 115 cm³/mol. The van der Waals surface area contributed by atoms with Crippen LogP contribution in [0.5, 0.6) is 0 Å². The molecule has 0 aliphatic carbocycles. The molecule has 2 N–H and O–H groups in total. The second-order valence-electron chi connectivity index (χ2n) is 8.25. The number of halogens is 1. The van der Waals surface area contributed by atoms with Gasteiger partial charge in [-0.3, -0.25) is 9.89 Å². The zero-order valence-electron chi connectivity index (χ0n) is 17.3. The van der Waals surface area contributed by atoms with Crippen LogP contribution in [0, 0.1) is 5.82 Å². The third kappa shape index (κ3) is 4.12. The highest BCUT2D eigenvalue weighted by molar-refractivity contribution is 5.87. The standard InChI is InChI=1S/C23H26FN5O2/c24-18-5-2-1-4-16(18)14-25-21-17-7-8-19(26-22(17)28-27-21)15-9-11-29(12-10-15)23(30)20-6-3-13-31-20/h1-2,4-5,7-8,15,20H,3,6,9-14H2,(H2,25,26,27,28)/t20-/m0/s1. The van der Waals surface area contributed by atoms with Crippen LogP contribution in [-0.4, -0.2) is 51.8 Å². The minimum atomic E-state index is -0.244. The summed E-state index contributed by atoms with van der Waals surface area (Å²) >= 11 is 0. The average molecular weight is 423 g/mol. The molecular weight excluding hydrogens is 397 g/mol. The minimum Gasteiger partial charge on any atom is -0.368 e. The highest BCUT2D eigenvalue weighted by Crippen LogP contribution is 2.30. The van der Waals surface area contributed by atoms with Gasteiger partial charge in [0.1, 0.15) is 11.9 Å². The van der Waals surface area contributed by atoms with E-state index in [-0.39, 0.29) is 17.8 Å². The molecule has 4 heterocycles. The van der Waals surface area contributed by atoms with Gasteiger partial charge in [-0.2, -0.15) is 5.10 Å². The maximum atomic E-state index is 13.8. The Bertz CT molecular complexity index is 1070. The van der Waals surface area contributed by atoms with E-state index in [1.54, 1.807) is 12.1 Å². The van der Waals surface area contributed by atoms with Crippen molar-refractivity contribution in [2.24, 2.45) is 0 Å². The number of likely N-dealkylation sites (tertiary alicyclic amines) is 1. The van der Waals surface area contributed by atoms with Crippen molar-refractivity contribution >= 4 is 22.8 Å². The Morgan fingerprint density at radius 3 is 2.81 bits per heavy atom. The normalized spacial score (nSPS) is 19.8. The largest absolute Gasteiger partial charge is 0.368 e. The van der Waals surface area contributed by atoms with Crippen LogP contribution < -0.4 is 5.32 Å². The van der Waals surface area contributed by atoms with Gasteiger partial charge in [-0.1, -0.05) is 18.2 Å². The quantitative estimate of drug-likeness (QED) is 0.655. The van der Waals surface area contributed by atoms with Gasteiger partial charge in [-0.25, -0.2) is 9.37 Å². The number of hydrogen-bond donors (Lipinski definition) is 2. The van der Waals surface area contributed by atoms with Gasteiger partial charge in [0.2, 0.25) is 0 Å². The van der Waals surface area contributed by atoms with Crippen LogP contribution in [0.15, 0.2) is 36.4 Å². The third-order valence-electron chi connectivity index (χ3n) is 6.28. The summed E-state index contributed by atoms with van der Waals surface area (Å²) in [6.07, 6.45) is 3.35. The molecule has 0 bridgehead atoms. The van der Waals surface area contributed by atoms with Crippen LogP contribution in [-0.2, 0) is 16.1 Å². The number of aromatic amines is 1. The highest BCUT2D eigenvalue weighted by atomic mass is 19.1. The lowest BCUT2D eigenvalue weighted by Gasteiger charge is -2.33. The van der Waals surface area contributed by atoms with Crippen molar-refractivity contribution in [3.8, 4) is 0 Å². The average Bonchev–Trinajstić information content (AvgIpc) is 3.48. The second kappa shape index (κ2) is 8.63. The van der Waals surface area contributed by atoms with E-state index in [4.69, 9.17) is 9.72 Å². The van der Waals surface area contributed by atoms with Crippen molar-refractivity contribution in [2.75, 3.05) is 25.0 Å². The van der Waals surface area contributed by atoms with E-state index >= 15 is 0 Å². The molecule has 1 amide bonds. The number of pyridine rings is 1. The van der Waals surface area contributed by atoms with Crippen LogP contribution in [0.4, 0.5) is 10.2 Å². The van der Waals surface area contributed by atoms with Crippen LogP contribution in [0.1, 0.15) is 42.9 Å². The van der Waals surface area contributed by atoms with Crippen molar-refractivity contribution in [2.45, 2.75) is 44.2 Å². The number of benzene rings is 1. The minimum absolute atomic E-state index is 0.137. The Kier molecular flexibility index (Phi) is 5.55. The molecule has 8 heteroatoms. The Morgan fingerprint density at radius 1 is 1.19 bits per heavy atom. The van der Waals surface area contributed by atoms with Crippen molar-refractivity contribution in [3.05, 3.63) is 53.5 Å². The summed E-state index contributed by atoms with van der Waals surface area (Å²) in [5, 5.41) is 11.4. The molecule has 2 saturated heterocycles. The maximum Gasteiger partial charge on any atom is 0.251 e. The van der Waals surface area contributed by atoms with Gasteiger partial charge in [-0.15, -0.1) is 0 Å². The molecular formula is C23H26FN5O2. The lowest BCUT2D eigenvalue weighted by molar-refractivity contribution is -0.142. The number of rotatable bonds is 5. The van der Waals surface area contributed by atoms with E-state index in [1.807, 2.05) is 23.1 Å². The molecule has 1 atom stereocenters. The van der Waals surface area contributed by atoms with Crippen LogP contribution in [0.2, 0.25) is 0 Å². The topological polar surface area (TPSA) is 83.1 Å². The van der Waals surface area contributed by atoms with Crippen LogP contribution >= 0.6 is 0 Å². The van der Waals surface area contributed by atoms with Crippen molar-refractivity contribution in [3.63, 3.8) is 0 Å². The Morgan fingerprint density at radius 2 is 2.03 bits per heavy atom. The number of piperidine rings is 1. The van der Waals surface area contributed by atoms with E-state index in [2.05, 4.69) is 15.5 Å². The number of hydrogen-bond acceptors (Lipinski definition) is 5. The van der Waals surface area contributed by atoms with Gasteiger partial charge in [0.25, 0.3) is 5.91 Å². The molecule has 2 aliphatic heterocycles. The molecule has 0 spiro atoms. The summed E-state index contributed by atoms with van der Waals surface area (Å²) in [6.45, 7) is 2.52. The van der Waals surface area contributed by atoms with Crippen molar-refractivity contribution in [1.29, 1.82) is 0 Å². The Labute approximate surface area is 180 Å². The van der Waals surface area contributed by atoms with Gasteiger partial charge in [0.05, 0.1) is 5.39 Å². The number of carbonyl (C=O) groups is 1. The van der Waals surface area contributed by atoms with Crippen LogP contribution in [0.25, 0.3) is 11.0 Å². The van der Waals surface area contributed by atoms with Gasteiger partial charge in [0.15, 0.2) is 11.5 Å². The number of ether oxygens (including phenoxy) is 1. The first-order valence-electron chi connectivity index (χ1n) is 10.9. The van der Waals surface area contributed by atoms with E-state index in [0.29, 0.717) is 36.1 Å². The molecule has 1 aromatic carbocycles. The van der Waals surface area contributed by atoms with E-state index in [9.17, 15) is 9.18 Å². The van der Waals surface area contributed by atoms with Crippen LogP contribution in [0.3, 0.4) is 0 Å². The number of nitrogens with zero attached hydrogens (tertiary/aromatic N) is 3. The molecule has 31 heavy (non-hydrogen) atoms. The fourth-order valence-corrected chi connectivity index (χ4v) is 4.47. The third-order valence-corrected chi connectivity index (χ3v) is 6.28. The molecule has 0 saturated carbocycles. The number of aromatic nitrogens is 3. The predicted octanol–water partition coefficient (Wildman–Crippen LogP) is 3.59. The maximum absolute atomic E-state index is 13.8. The van der Waals surface area contributed by atoms with Crippen molar-refractivity contribution in [1.82, 2.24) is 20.1 Å². The molecule has 7 nitrogen and oxygen atoms in total. The first-order chi connectivity index (χ1) is 15.2. The number of H-pyrrole nitrogens is 1. The first kappa shape index (κ1) is 19.9. The summed E-state index contributed by atoms with van der Waals surface area (Å²) in [7, 11) is 0. The highest BCUT2D eigenvalue weighted by Gasteiger charge is 2.31. The SMILES string of the molecule is O=C([C@@H]1CCCO1)N1CCC(c2ccc3c(NCc4ccccc4F)n[nH]c3n2)CC1. The fraction of sp³-hybridized carbons (Fsp3) is 0.435. The van der Waals surface area contributed by atoms with E-state index in [0.717, 1.165) is 49.9 Å². The van der Waals surface area contributed by atoms with Gasteiger partial charge in [0, 0.05) is 43.4 Å². The van der Waals surface area contributed by atoms with E-state index in [1.165, 1.54) is 6.07 Å². The number of carbonyl (C=O) groups excluding carboxylic acids is 1. The summed E-state index contributed by atoms with van der Waals surface area (Å²) in [5.74, 6) is 0.878. The summed E-state index contributed by atoms with van der Waals surface area (Å²) < 4.78 is 19.4. The molecule has 0 radical (unpaired) electrons. The van der Waals surface area contributed by atoms with Gasteiger partial charge in [-0.05, 0) is 43.9 Å². The Balaban J connectivity index is 1.23. The molecule has 5 rings (SSSR count). The van der Waals surface area contributed by atoms with Gasteiger partial charge < -0.3 is 15.0 Å². The second-order valence-corrected chi connectivity index (χ2v) is 8.25. The summed E-state index contributed by atoms with van der Waals surface area (Å²) in [4.78, 5) is 19.3. The number of fused-ring (bicyclic) bond motifs is 1. The first-order valence-corrected chi connectivity index (χ1v) is 10.9. The molecule has 2 aromatic heterocycles. The fourth-order valence-electron chi connectivity index (χ4n) is 4.47. The monoisotopic (exact) mass is 423 g/mol. The zero-order chi connectivity index (χ0) is 21.2. The summed E-state index contributed by atoms with van der Waals surface area (Å²) in [5.41, 5.74) is 2.32.